The Labute approximate surface area is 134 Å². The zero-order valence-corrected chi connectivity index (χ0v) is 13.4. The highest BCUT2D eigenvalue weighted by atomic mass is 79.9. The van der Waals surface area contributed by atoms with Gasteiger partial charge in [-0.25, -0.2) is 4.39 Å². The van der Waals surface area contributed by atoms with Crippen molar-refractivity contribution in [1.29, 1.82) is 0 Å². The molecule has 3 nitrogen and oxygen atoms in total. The topological polar surface area (TPSA) is 35.5 Å². The first-order valence-corrected chi connectivity index (χ1v) is 7.13. The van der Waals surface area contributed by atoms with E-state index in [1.807, 2.05) is 0 Å². The van der Waals surface area contributed by atoms with Crippen molar-refractivity contribution in [2.24, 2.45) is 0 Å². The highest BCUT2D eigenvalue weighted by molar-refractivity contribution is 9.10. The summed E-state index contributed by atoms with van der Waals surface area (Å²) < 4.78 is 23.9. The Balaban J connectivity index is 2.04. The van der Waals surface area contributed by atoms with E-state index in [4.69, 9.17) is 21.1 Å². The van der Waals surface area contributed by atoms with Crippen LogP contribution in [0.1, 0.15) is 10.4 Å². The summed E-state index contributed by atoms with van der Waals surface area (Å²) in [6.07, 6.45) is 0. The van der Waals surface area contributed by atoms with Crippen LogP contribution < -0.4 is 9.47 Å². The standard InChI is InChI=1S/C15H11BrClFO3/c1-20-15-5-2-9(6-12(15)17)14(19)8-21-10-3-4-11(16)13(18)7-10/h2-7H,8H2,1H3. The number of rotatable bonds is 5. The predicted molar refractivity (Wildman–Crippen MR) is 81.9 cm³/mol. The molecule has 0 aromatic heterocycles. The minimum atomic E-state index is -0.451. The van der Waals surface area contributed by atoms with Crippen molar-refractivity contribution >= 4 is 33.3 Å². The number of Topliss-reactive ketones (excluding diaryl/α,β-unsaturated/α-hetero) is 1. The molecule has 110 valence electrons. The third-order valence-corrected chi connectivity index (χ3v) is 3.67. The number of hydrogen-bond donors (Lipinski definition) is 0. The first-order chi connectivity index (χ1) is 10.0. The Morgan fingerprint density at radius 1 is 1.29 bits per heavy atom. The summed E-state index contributed by atoms with van der Waals surface area (Å²) in [5, 5.41) is 0.345. The van der Waals surface area contributed by atoms with Crippen molar-refractivity contribution in [3.63, 3.8) is 0 Å². The van der Waals surface area contributed by atoms with Gasteiger partial charge in [0.1, 0.15) is 17.3 Å². The number of carbonyl (C=O) groups excluding carboxylic acids is 1. The summed E-state index contributed by atoms with van der Waals surface area (Å²) >= 11 is 9.00. The molecule has 0 bridgehead atoms. The summed E-state index contributed by atoms with van der Waals surface area (Å²) in [6.45, 7) is -0.205. The van der Waals surface area contributed by atoms with Gasteiger partial charge in [0.25, 0.3) is 0 Å². The average molecular weight is 374 g/mol. The van der Waals surface area contributed by atoms with E-state index in [1.165, 1.54) is 25.3 Å². The Kier molecular flexibility index (Phi) is 5.20. The second kappa shape index (κ2) is 6.91. The van der Waals surface area contributed by atoms with E-state index in [0.717, 1.165) is 0 Å². The predicted octanol–water partition coefficient (Wildman–Crippen LogP) is 4.51. The van der Waals surface area contributed by atoms with Crippen molar-refractivity contribution in [1.82, 2.24) is 0 Å². The molecule has 2 rings (SSSR count). The van der Waals surface area contributed by atoms with Crippen LogP contribution >= 0.6 is 27.5 Å². The van der Waals surface area contributed by atoms with Gasteiger partial charge in [0.2, 0.25) is 0 Å². The molecule has 0 heterocycles. The highest BCUT2D eigenvalue weighted by Crippen LogP contribution is 2.25. The average Bonchev–Trinajstić information content (AvgIpc) is 2.48. The molecule has 0 radical (unpaired) electrons. The van der Waals surface area contributed by atoms with Gasteiger partial charge < -0.3 is 9.47 Å². The van der Waals surface area contributed by atoms with Crippen molar-refractivity contribution < 1.29 is 18.7 Å². The van der Waals surface area contributed by atoms with E-state index >= 15 is 0 Å². The van der Waals surface area contributed by atoms with Crippen LogP contribution in [0, 0.1) is 5.82 Å². The lowest BCUT2D eigenvalue weighted by molar-refractivity contribution is 0.0921. The number of hydrogen-bond acceptors (Lipinski definition) is 3. The third-order valence-electron chi connectivity index (χ3n) is 2.73. The minimum absolute atomic E-state index is 0.205. The molecule has 0 saturated heterocycles. The summed E-state index contributed by atoms with van der Waals surface area (Å²) in [5.41, 5.74) is 0.401. The first kappa shape index (κ1) is 15.8. The van der Waals surface area contributed by atoms with Crippen LogP contribution in [0.2, 0.25) is 5.02 Å². The first-order valence-electron chi connectivity index (χ1n) is 5.96. The van der Waals surface area contributed by atoms with Gasteiger partial charge in [-0.2, -0.15) is 0 Å². The minimum Gasteiger partial charge on any atom is -0.495 e. The fourth-order valence-electron chi connectivity index (χ4n) is 1.64. The molecule has 0 amide bonds. The molecule has 0 unspecified atom stereocenters. The zero-order chi connectivity index (χ0) is 15.4. The Hall–Kier alpha value is -1.59. The van der Waals surface area contributed by atoms with Gasteiger partial charge in [0.05, 0.1) is 16.6 Å². The van der Waals surface area contributed by atoms with E-state index in [1.54, 1.807) is 18.2 Å². The zero-order valence-electron chi connectivity index (χ0n) is 11.0. The van der Waals surface area contributed by atoms with E-state index in [0.29, 0.717) is 20.8 Å². The molecule has 0 aliphatic heterocycles. The van der Waals surface area contributed by atoms with Gasteiger partial charge >= 0.3 is 0 Å². The van der Waals surface area contributed by atoms with Gasteiger partial charge in [-0.1, -0.05) is 11.6 Å². The molecule has 0 spiro atoms. The maximum atomic E-state index is 13.3. The van der Waals surface area contributed by atoms with E-state index < -0.39 is 5.82 Å². The van der Waals surface area contributed by atoms with Gasteiger partial charge in [-0.15, -0.1) is 0 Å². The van der Waals surface area contributed by atoms with Crippen molar-refractivity contribution in [3.8, 4) is 11.5 Å². The smallest absolute Gasteiger partial charge is 0.200 e. The van der Waals surface area contributed by atoms with E-state index in [9.17, 15) is 9.18 Å². The molecule has 0 aliphatic rings. The van der Waals surface area contributed by atoms with Crippen molar-refractivity contribution in [3.05, 3.63) is 57.3 Å². The lowest BCUT2D eigenvalue weighted by Crippen LogP contribution is -2.11. The molecule has 0 saturated carbocycles. The van der Waals surface area contributed by atoms with Crippen LogP contribution in [0.3, 0.4) is 0 Å². The van der Waals surface area contributed by atoms with Crippen molar-refractivity contribution in [2.75, 3.05) is 13.7 Å². The van der Waals surface area contributed by atoms with Gasteiger partial charge in [0, 0.05) is 11.6 Å². The highest BCUT2D eigenvalue weighted by Gasteiger charge is 2.10. The number of ketones is 1. The third kappa shape index (κ3) is 3.95. The number of ether oxygens (including phenoxy) is 2. The number of benzene rings is 2. The molecular formula is C15H11BrClFO3. The Morgan fingerprint density at radius 2 is 2.05 bits per heavy atom. The molecule has 0 fully saturated rings. The SMILES string of the molecule is COc1ccc(C(=O)COc2ccc(Br)c(F)c2)cc1Cl. The molecule has 0 aliphatic carbocycles. The normalized spacial score (nSPS) is 10.3. The van der Waals surface area contributed by atoms with Gasteiger partial charge in [-0.3, -0.25) is 4.79 Å². The van der Waals surface area contributed by atoms with Gasteiger partial charge in [-0.05, 0) is 46.3 Å². The maximum Gasteiger partial charge on any atom is 0.200 e. The number of halogens is 3. The van der Waals surface area contributed by atoms with Gasteiger partial charge in [0.15, 0.2) is 12.4 Å². The van der Waals surface area contributed by atoms with Crippen LogP contribution in [-0.2, 0) is 0 Å². The lowest BCUT2D eigenvalue weighted by atomic mass is 10.1. The molecular weight excluding hydrogens is 363 g/mol. The summed E-state index contributed by atoms with van der Waals surface area (Å²) in [5.74, 6) is 0.0584. The van der Waals surface area contributed by atoms with Crippen molar-refractivity contribution in [2.45, 2.75) is 0 Å². The monoisotopic (exact) mass is 372 g/mol. The quantitative estimate of drug-likeness (QED) is 0.723. The largest absolute Gasteiger partial charge is 0.495 e. The molecule has 0 N–H and O–H groups in total. The van der Waals surface area contributed by atoms with Crippen LogP contribution in [0.4, 0.5) is 4.39 Å². The van der Waals surface area contributed by atoms with Crippen LogP contribution in [0.5, 0.6) is 11.5 Å². The second-order valence-electron chi connectivity index (χ2n) is 4.14. The molecule has 2 aromatic carbocycles. The lowest BCUT2D eigenvalue weighted by Gasteiger charge is -2.08. The number of carbonyl (C=O) groups is 1. The van der Waals surface area contributed by atoms with Crippen LogP contribution in [0.15, 0.2) is 40.9 Å². The summed E-state index contributed by atoms with van der Waals surface area (Å²) in [4.78, 5) is 12.0. The van der Waals surface area contributed by atoms with Crippen LogP contribution in [-0.4, -0.2) is 19.5 Å². The van der Waals surface area contributed by atoms with Crippen LogP contribution in [0.25, 0.3) is 0 Å². The fourth-order valence-corrected chi connectivity index (χ4v) is 2.14. The Bertz CT molecular complexity index is 676. The second-order valence-corrected chi connectivity index (χ2v) is 5.40. The van der Waals surface area contributed by atoms with E-state index in [-0.39, 0.29) is 18.1 Å². The summed E-state index contributed by atoms with van der Waals surface area (Å²) in [6, 6.07) is 9.00. The molecule has 21 heavy (non-hydrogen) atoms. The number of methoxy groups -OCH3 is 1. The maximum absolute atomic E-state index is 13.3. The molecule has 2 aromatic rings. The fraction of sp³-hybridized carbons (Fsp3) is 0.133. The molecule has 0 atom stereocenters. The summed E-state index contributed by atoms with van der Waals surface area (Å²) in [7, 11) is 1.49. The Morgan fingerprint density at radius 3 is 2.67 bits per heavy atom. The van der Waals surface area contributed by atoms with E-state index in [2.05, 4.69) is 15.9 Å². The molecule has 6 heteroatoms.